The fourth-order valence-corrected chi connectivity index (χ4v) is 11.9. The van der Waals surface area contributed by atoms with Crippen LogP contribution in [-0.2, 0) is 5.41 Å². The molecule has 3 atom stereocenters. The van der Waals surface area contributed by atoms with Gasteiger partial charge < -0.3 is 40.4 Å². The Bertz CT molecular complexity index is 2880. The number of alkyl halides is 5. The van der Waals surface area contributed by atoms with Gasteiger partial charge in [0.15, 0.2) is 0 Å². The highest BCUT2D eigenvalue weighted by Crippen LogP contribution is 2.48. The zero-order chi connectivity index (χ0) is 51.7. The van der Waals surface area contributed by atoms with E-state index in [4.69, 9.17) is 0 Å². The first-order chi connectivity index (χ1) is 35.6. The van der Waals surface area contributed by atoms with Crippen molar-refractivity contribution in [2.24, 2.45) is 5.92 Å². The molecule has 3 unspecified atom stereocenters. The third-order valence-electron chi connectivity index (χ3n) is 16.2. The van der Waals surface area contributed by atoms with E-state index in [1.165, 1.54) is 5.56 Å². The second-order valence-corrected chi connectivity index (χ2v) is 20.9. The Kier molecular flexibility index (Phi) is 14.8. The third-order valence-corrected chi connectivity index (χ3v) is 16.2. The molecular weight excluding hydrogens is 956 g/mol. The molecule has 3 N–H and O–H groups in total. The molecule has 10 rings (SSSR count). The summed E-state index contributed by atoms with van der Waals surface area (Å²) in [4.78, 5) is 36.8. The molecule has 2 aromatic carbocycles. The molecule has 4 aromatic heterocycles. The lowest BCUT2D eigenvalue weighted by molar-refractivity contribution is -0.197. The summed E-state index contributed by atoms with van der Waals surface area (Å²) < 4.78 is 72.3. The number of anilines is 2. The van der Waals surface area contributed by atoms with Crippen molar-refractivity contribution < 1.29 is 31.5 Å². The summed E-state index contributed by atoms with van der Waals surface area (Å²) in [6.07, 6.45) is 2.46. The number of benzene rings is 2. The molecule has 6 aromatic rings. The van der Waals surface area contributed by atoms with Crippen LogP contribution in [0.3, 0.4) is 0 Å². The first kappa shape index (κ1) is 51.0. The van der Waals surface area contributed by atoms with Gasteiger partial charge in [0.1, 0.15) is 0 Å². The number of fused-ring (bicyclic) bond motifs is 2. The summed E-state index contributed by atoms with van der Waals surface area (Å²) in [5, 5.41) is 17.9. The normalized spacial score (nSPS) is 20.5. The number of amides is 4. The maximum absolute atomic E-state index is 14.4. The number of hydrogen-bond donors (Lipinski definition) is 3. The van der Waals surface area contributed by atoms with Crippen LogP contribution in [0.4, 0.5) is 42.9 Å². The summed E-state index contributed by atoms with van der Waals surface area (Å²) in [6.45, 7) is 12.9. The van der Waals surface area contributed by atoms with E-state index in [1.807, 2.05) is 44.5 Å². The number of nitrogens with zero attached hydrogens (tertiary/aromatic N) is 9. The van der Waals surface area contributed by atoms with Gasteiger partial charge in [-0.3, -0.25) is 0 Å². The van der Waals surface area contributed by atoms with Crippen molar-refractivity contribution in [3.8, 4) is 22.3 Å². The van der Waals surface area contributed by atoms with Gasteiger partial charge in [0.2, 0.25) is 0 Å². The van der Waals surface area contributed by atoms with Gasteiger partial charge in [-0.2, -0.15) is 23.4 Å². The Morgan fingerprint density at radius 2 is 1.23 bits per heavy atom. The number of halogens is 5. The maximum Gasteiger partial charge on any atom is 0.398 e. The van der Waals surface area contributed by atoms with Crippen molar-refractivity contribution >= 4 is 34.5 Å². The quantitative estimate of drug-likeness (QED) is 0.104. The molecule has 74 heavy (non-hydrogen) atoms. The lowest BCUT2D eigenvalue weighted by atomic mass is 9.72. The Hall–Kier alpha value is -6.47. The monoisotopic (exact) mass is 1020 g/mol. The van der Waals surface area contributed by atoms with Crippen LogP contribution in [0.2, 0.25) is 0 Å². The molecule has 8 heterocycles. The minimum Gasteiger partial charge on any atom is -0.366 e. The number of hydrogen-bond acceptors (Lipinski definition) is 8. The van der Waals surface area contributed by atoms with Crippen molar-refractivity contribution in [2.75, 3.05) is 94.9 Å². The molecule has 394 valence electrons. The first-order valence-corrected chi connectivity index (χ1v) is 26.2. The van der Waals surface area contributed by atoms with Crippen LogP contribution in [-0.4, -0.2) is 156 Å². The van der Waals surface area contributed by atoms with Gasteiger partial charge in [0, 0.05) is 107 Å². The zero-order valence-electron chi connectivity index (χ0n) is 42.4. The molecule has 4 aliphatic rings. The second-order valence-electron chi connectivity index (χ2n) is 20.9. The molecule has 0 aliphatic carbocycles. The van der Waals surface area contributed by atoms with Gasteiger partial charge in [-0.25, -0.2) is 27.4 Å². The standard InChI is InChI=1S/C55H67F5N12O2/c1-37(2)70-21-14-46(41-6-4-39(5-7-41)42-31-49-47(12-17-63-71(49)35-42)66-22-26-68(27-23-66)52(73)62-33-51(56)57)44(34-70)30-38(3)65-53(74)69-28-24-67(25-29-69)48-13-18-64-72-36-43(32-50(48)72)40-8-10-45(11-9-40)54(55(58,59)60)15-19-61-20-16-54/h4-13,17-18,31-32,35-38,44,46,51,61H,14-16,19-30,33-34H2,1-3H3,(H,62,73)(H,65,74). The molecule has 4 aliphatic heterocycles. The zero-order valence-corrected chi connectivity index (χ0v) is 42.4. The average Bonchev–Trinajstić information content (AvgIpc) is 4.06. The van der Waals surface area contributed by atoms with Crippen molar-refractivity contribution in [3.63, 3.8) is 0 Å². The number of rotatable bonds is 12. The second kappa shape index (κ2) is 21.4. The van der Waals surface area contributed by atoms with E-state index in [1.54, 1.807) is 41.6 Å². The highest BCUT2D eigenvalue weighted by molar-refractivity contribution is 5.82. The summed E-state index contributed by atoms with van der Waals surface area (Å²) in [6, 6.07) is 23.7. The number of carbonyl (C=O) groups is 2. The Balaban J connectivity index is 0.754. The van der Waals surface area contributed by atoms with Crippen LogP contribution >= 0.6 is 0 Å². The molecule has 0 spiro atoms. The van der Waals surface area contributed by atoms with E-state index in [2.05, 4.69) is 92.0 Å². The summed E-state index contributed by atoms with van der Waals surface area (Å²) >= 11 is 0. The summed E-state index contributed by atoms with van der Waals surface area (Å²) in [7, 11) is 0. The highest BCUT2D eigenvalue weighted by Gasteiger charge is 2.55. The van der Waals surface area contributed by atoms with Crippen molar-refractivity contribution in [3.05, 3.63) is 109 Å². The van der Waals surface area contributed by atoms with Gasteiger partial charge >= 0.3 is 18.2 Å². The molecule has 0 saturated carbocycles. The fraction of sp³-hybridized carbons (Fsp3) is 0.491. The summed E-state index contributed by atoms with van der Waals surface area (Å²) in [5.74, 6) is 0.653. The molecule has 0 bridgehead atoms. The van der Waals surface area contributed by atoms with E-state index in [0.717, 1.165) is 70.6 Å². The van der Waals surface area contributed by atoms with E-state index in [9.17, 15) is 31.5 Å². The SMILES string of the molecule is CC(CC1CN(C(C)C)CCC1c1ccc(-c2cc3c(N4CCN(C(=O)NCC(F)F)CC4)ccnn3c2)cc1)NC(=O)N1CCN(c2ccnn3cc(-c4ccc(C5(C(F)(F)F)CCNCC5)cc4)cc23)CC1. The van der Waals surface area contributed by atoms with Crippen LogP contribution < -0.4 is 25.8 Å². The van der Waals surface area contributed by atoms with Crippen molar-refractivity contribution in [2.45, 2.75) is 82.5 Å². The first-order valence-electron chi connectivity index (χ1n) is 26.2. The largest absolute Gasteiger partial charge is 0.398 e. The van der Waals surface area contributed by atoms with Gasteiger partial charge in [-0.15, -0.1) is 0 Å². The molecule has 4 saturated heterocycles. The van der Waals surface area contributed by atoms with Crippen LogP contribution in [0.25, 0.3) is 33.3 Å². The minimum atomic E-state index is -4.33. The number of urea groups is 2. The lowest BCUT2D eigenvalue weighted by Gasteiger charge is -2.42. The van der Waals surface area contributed by atoms with Crippen molar-refractivity contribution in [1.29, 1.82) is 0 Å². The fourth-order valence-electron chi connectivity index (χ4n) is 11.9. The van der Waals surface area contributed by atoms with Gasteiger partial charge in [-0.05, 0) is 124 Å². The third kappa shape index (κ3) is 10.6. The van der Waals surface area contributed by atoms with E-state index >= 15 is 0 Å². The van der Waals surface area contributed by atoms with Gasteiger partial charge in [-0.1, -0.05) is 48.5 Å². The number of piperidine rings is 2. The maximum atomic E-state index is 14.4. The molecule has 4 fully saturated rings. The highest BCUT2D eigenvalue weighted by atomic mass is 19.4. The Morgan fingerprint density at radius 1 is 0.703 bits per heavy atom. The molecule has 19 heteroatoms. The van der Waals surface area contributed by atoms with Crippen LogP contribution in [0.1, 0.15) is 63.5 Å². The number of piperazine rings is 2. The predicted molar refractivity (Wildman–Crippen MR) is 278 cm³/mol. The number of likely N-dealkylation sites (tertiary alicyclic amines) is 1. The Labute approximate surface area is 428 Å². The van der Waals surface area contributed by atoms with E-state index < -0.39 is 30.6 Å². The van der Waals surface area contributed by atoms with E-state index in [0.29, 0.717) is 88.9 Å². The number of carbonyl (C=O) groups excluding carboxylic acids is 2. The number of nitrogens with one attached hydrogen (secondary N) is 3. The molecule has 14 nitrogen and oxygen atoms in total. The minimum absolute atomic E-state index is 0.0202. The topological polar surface area (TPSA) is 121 Å². The van der Waals surface area contributed by atoms with Gasteiger partial charge in [0.05, 0.1) is 34.4 Å². The lowest BCUT2D eigenvalue weighted by Crippen LogP contribution is -2.54. The van der Waals surface area contributed by atoms with Crippen LogP contribution in [0.5, 0.6) is 0 Å². The average molecular weight is 1020 g/mol. The van der Waals surface area contributed by atoms with Crippen molar-refractivity contribution in [1.82, 2.24) is 49.9 Å². The molecular formula is C55H67F5N12O2. The molecule has 0 radical (unpaired) electrons. The smallest absolute Gasteiger partial charge is 0.366 e. The van der Waals surface area contributed by atoms with Crippen LogP contribution in [0, 0.1) is 5.92 Å². The van der Waals surface area contributed by atoms with E-state index in [-0.39, 0.29) is 24.9 Å². The summed E-state index contributed by atoms with van der Waals surface area (Å²) in [5.41, 5.74) is 7.41. The molecule has 4 amide bonds. The van der Waals surface area contributed by atoms with Crippen LogP contribution in [0.15, 0.2) is 97.6 Å². The number of aromatic nitrogens is 4. The predicted octanol–water partition coefficient (Wildman–Crippen LogP) is 8.72. The van der Waals surface area contributed by atoms with Gasteiger partial charge in [0.25, 0.3) is 6.43 Å². The Morgan fingerprint density at radius 3 is 1.74 bits per heavy atom.